The molecule has 0 spiro atoms. The van der Waals surface area contributed by atoms with Gasteiger partial charge in [-0.25, -0.2) is 0 Å². The third kappa shape index (κ3) is 2.30. The Labute approximate surface area is 113 Å². The number of hydrogen-bond acceptors (Lipinski definition) is 4. The first kappa shape index (κ1) is 12.8. The first-order valence-electron chi connectivity index (χ1n) is 6.91. The van der Waals surface area contributed by atoms with Crippen LogP contribution in [0.5, 0.6) is 11.5 Å². The van der Waals surface area contributed by atoms with Crippen molar-refractivity contribution in [2.24, 2.45) is 0 Å². The van der Waals surface area contributed by atoms with Crippen molar-refractivity contribution in [3.8, 4) is 11.5 Å². The standard InChI is InChI=1S/C15H21NO3/c1-11-9-15(17,10-16(11)2)12-4-5-13-14(8-12)19-7-3-6-18-13/h4-5,8,11,17H,3,6-7,9-10H2,1-2H3. The highest BCUT2D eigenvalue weighted by molar-refractivity contribution is 5.45. The molecule has 0 aliphatic carbocycles. The van der Waals surface area contributed by atoms with E-state index in [4.69, 9.17) is 9.47 Å². The number of β-amino-alcohol motifs (C(OH)–C–C–N with tert-alkyl or cyclic N) is 1. The Morgan fingerprint density at radius 2 is 2.00 bits per heavy atom. The summed E-state index contributed by atoms with van der Waals surface area (Å²) in [6, 6.07) is 6.20. The van der Waals surface area contributed by atoms with Crippen LogP contribution in [0.25, 0.3) is 0 Å². The van der Waals surface area contributed by atoms with E-state index in [1.807, 2.05) is 25.2 Å². The van der Waals surface area contributed by atoms with E-state index in [1.165, 1.54) is 0 Å². The molecular formula is C15H21NO3. The quantitative estimate of drug-likeness (QED) is 0.838. The molecule has 2 atom stereocenters. The van der Waals surface area contributed by atoms with Gasteiger partial charge in [0.05, 0.1) is 13.2 Å². The Kier molecular flexibility index (Phi) is 3.15. The Balaban J connectivity index is 1.92. The molecule has 0 bridgehead atoms. The van der Waals surface area contributed by atoms with Gasteiger partial charge in [-0.2, -0.15) is 0 Å². The van der Waals surface area contributed by atoms with Gasteiger partial charge in [-0.1, -0.05) is 6.07 Å². The first-order valence-corrected chi connectivity index (χ1v) is 6.91. The lowest BCUT2D eigenvalue weighted by atomic mass is 9.91. The zero-order valence-electron chi connectivity index (χ0n) is 11.6. The average molecular weight is 263 g/mol. The molecule has 0 saturated carbocycles. The summed E-state index contributed by atoms with van der Waals surface area (Å²) in [4.78, 5) is 2.18. The van der Waals surface area contributed by atoms with Gasteiger partial charge in [0, 0.05) is 19.0 Å². The molecule has 3 rings (SSSR count). The molecule has 1 fully saturated rings. The minimum atomic E-state index is -0.779. The Hall–Kier alpha value is -1.26. The van der Waals surface area contributed by atoms with E-state index in [0.717, 1.165) is 29.9 Å². The number of rotatable bonds is 1. The largest absolute Gasteiger partial charge is 0.490 e. The fourth-order valence-electron chi connectivity index (χ4n) is 2.94. The molecule has 2 unspecified atom stereocenters. The molecule has 2 aliphatic rings. The van der Waals surface area contributed by atoms with Gasteiger partial charge in [-0.05, 0) is 38.1 Å². The van der Waals surface area contributed by atoms with Crippen molar-refractivity contribution in [2.75, 3.05) is 26.8 Å². The Morgan fingerprint density at radius 1 is 1.26 bits per heavy atom. The number of hydrogen-bond donors (Lipinski definition) is 1. The smallest absolute Gasteiger partial charge is 0.161 e. The van der Waals surface area contributed by atoms with Crippen molar-refractivity contribution in [1.29, 1.82) is 0 Å². The monoisotopic (exact) mass is 263 g/mol. The molecule has 1 saturated heterocycles. The molecule has 2 aliphatic heterocycles. The zero-order chi connectivity index (χ0) is 13.5. The average Bonchev–Trinajstić information content (AvgIpc) is 2.57. The second-order valence-corrected chi connectivity index (χ2v) is 5.71. The summed E-state index contributed by atoms with van der Waals surface area (Å²) in [7, 11) is 2.05. The molecule has 0 amide bonds. The van der Waals surface area contributed by atoms with Gasteiger partial charge < -0.3 is 19.5 Å². The number of fused-ring (bicyclic) bond motifs is 1. The molecule has 2 heterocycles. The van der Waals surface area contributed by atoms with Crippen LogP contribution >= 0.6 is 0 Å². The molecule has 4 heteroatoms. The van der Waals surface area contributed by atoms with Crippen LogP contribution in [0.3, 0.4) is 0 Å². The maximum absolute atomic E-state index is 10.8. The lowest BCUT2D eigenvalue weighted by Gasteiger charge is -2.24. The van der Waals surface area contributed by atoms with Crippen LogP contribution in [-0.2, 0) is 5.60 Å². The SMILES string of the molecule is CC1CC(O)(c2ccc3c(c2)OCCCO3)CN1C. The summed E-state index contributed by atoms with van der Waals surface area (Å²) in [5.74, 6) is 1.54. The molecular weight excluding hydrogens is 242 g/mol. The number of ether oxygens (including phenoxy) is 2. The minimum Gasteiger partial charge on any atom is -0.490 e. The van der Waals surface area contributed by atoms with Gasteiger partial charge >= 0.3 is 0 Å². The van der Waals surface area contributed by atoms with Gasteiger partial charge in [0.1, 0.15) is 5.60 Å². The van der Waals surface area contributed by atoms with Crippen LogP contribution in [0.1, 0.15) is 25.3 Å². The molecule has 4 nitrogen and oxygen atoms in total. The maximum atomic E-state index is 10.8. The molecule has 19 heavy (non-hydrogen) atoms. The van der Waals surface area contributed by atoms with Crippen LogP contribution in [0.2, 0.25) is 0 Å². The van der Waals surface area contributed by atoms with Crippen molar-refractivity contribution in [1.82, 2.24) is 4.90 Å². The normalized spacial score (nSPS) is 31.2. The van der Waals surface area contributed by atoms with Crippen molar-refractivity contribution in [3.05, 3.63) is 23.8 Å². The number of likely N-dealkylation sites (tertiary alicyclic amines) is 1. The lowest BCUT2D eigenvalue weighted by molar-refractivity contribution is 0.0483. The molecule has 0 aromatic heterocycles. The number of aliphatic hydroxyl groups is 1. The van der Waals surface area contributed by atoms with Crippen LogP contribution in [0, 0.1) is 0 Å². The second-order valence-electron chi connectivity index (χ2n) is 5.71. The van der Waals surface area contributed by atoms with Crippen LogP contribution in [0.4, 0.5) is 0 Å². The molecule has 1 aromatic carbocycles. The molecule has 1 aromatic rings. The van der Waals surface area contributed by atoms with Crippen LogP contribution in [0.15, 0.2) is 18.2 Å². The summed E-state index contributed by atoms with van der Waals surface area (Å²) in [5.41, 5.74) is 0.145. The summed E-state index contributed by atoms with van der Waals surface area (Å²) in [6.07, 6.45) is 1.65. The highest BCUT2D eigenvalue weighted by Crippen LogP contribution is 2.39. The zero-order valence-corrected chi connectivity index (χ0v) is 11.6. The molecule has 104 valence electrons. The number of likely N-dealkylation sites (N-methyl/N-ethyl adjacent to an activating group) is 1. The Morgan fingerprint density at radius 3 is 2.68 bits per heavy atom. The van der Waals surface area contributed by atoms with Gasteiger partial charge in [-0.15, -0.1) is 0 Å². The highest BCUT2D eigenvalue weighted by Gasteiger charge is 2.40. The topological polar surface area (TPSA) is 41.9 Å². The van der Waals surface area contributed by atoms with E-state index in [-0.39, 0.29) is 0 Å². The van der Waals surface area contributed by atoms with E-state index >= 15 is 0 Å². The van der Waals surface area contributed by atoms with Gasteiger partial charge in [0.15, 0.2) is 11.5 Å². The van der Waals surface area contributed by atoms with Crippen LogP contribution in [-0.4, -0.2) is 42.9 Å². The number of nitrogens with zero attached hydrogens (tertiary/aromatic N) is 1. The third-order valence-corrected chi connectivity index (χ3v) is 4.18. The second kappa shape index (κ2) is 4.69. The van der Waals surface area contributed by atoms with Gasteiger partial charge in [-0.3, -0.25) is 0 Å². The first-order chi connectivity index (χ1) is 9.08. The predicted octanol–water partition coefficient (Wildman–Crippen LogP) is 1.76. The van der Waals surface area contributed by atoms with Crippen LogP contribution < -0.4 is 9.47 Å². The lowest BCUT2D eigenvalue weighted by Crippen LogP contribution is -2.29. The summed E-state index contributed by atoms with van der Waals surface area (Å²) in [5, 5.41) is 10.8. The minimum absolute atomic E-state index is 0.390. The number of benzene rings is 1. The van der Waals surface area contributed by atoms with E-state index in [9.17, 15) is 5.11 Å². The van der Waals surface area contributed by atoms with E-state index < -0.39 is 5.60 Å². The Bertz CT molecular complexity index is 464. The molecule has 0 radical (unpaired) electrons. The fraction of sp³-hybridized carbons (Fsp3) is 0.600. The van der Waals surface area contributed by atoms with Crippen molar-refractivity contribution in [2.45, 2.75) is 31.4 Å². The fourth-order valence-corrected chi connectivity index (χ4v) is 2.94. The predicted molar refractivity (Wildman–Crippen MR) is 72.7 cm³/mol. The van der Waals surface area contributed by atoms with Gasteiger partial charge in [0.25, 0.3) is 0 Å². The van der Waals surface area contributed by atoms with Crippen molar-refractivity contribution < 1.29 is 14.6 Å². The highest BCUT2D eigenvalue weighted by atomic mass is 16.5. The van der Waals surface area contributed by atoms with Crippen molar-refractivity contribution in [3.63, 3.8) is 0 Å². The maximum Gasteiger partial charge on any atom is 0.161 e. The van der Waals surface area contributed by atoms with Gasteiger partial charge in [0.2, 0.25) is 0 Å². The summed E-state index contributed by atoms with van der Waals surface area (Å²) < 4.78 is 11.3. The summed E-state index contributed by atoms with van der Waals surface area (Å²) >= 11 is 0. The molecule has 1 N–H and O–H groups in total. The van der Waals surface area contributed by atoms with E-state index in [1.54, 1.807) is 0 Å². The van der Waals surface area contributed by atoms with Crippen molar-refractivity contribution >= 4 is 0 Å². The van der Waals surface area contributed by atoms with E-state index in [2.05, 4.69) is 11.8 Å². The van der Waals surface area contributed by atoms with E-state index in [0.29, 0.717) is 25.8 Å². The summed E-state index contributed by atoms with van der Waals surface area (Å²) in [6.45, 7) is 4.16. The third-order valence-electron chi connectivity index (χ3n) is 4.18.